The average Bonchev–Trinajstić information content (AvgIpc) is 2.93. The summed E-state index contributed by atoms with van der Waals surface area (Å²) in [7, 11) is -3.82. The zero-order valence-electron chi connectivity index (χ0n) is 23.8. The molecule has 4 rings (SSSR count). The highest BCUT2D eigenvalue weighted by molar-refractivity contribution is 7.92. The predicted molar refractivity (Wildman–Crippen MR) is 163 cm³/mol. The van der Waals surface area contributed by atoms with Crippen molar-refractivity contribution in [2.24, 2.45) is 0 Å². The Hall–Kier alpha value is -4.43. The first-order valence-corrected chi connectivity index (χ1v) is 15.1. The summed E-state index contributed by atoms with van der Waals surface area (Å²) in [6.45, 7) is 7.84. The summed E-state index contributed by atoms with van der Waals surface area (Å²) in [4.78, 5) is 26.4. The first kappa shape index (κ1) is 29.6. The Bertz CT molecular complexity index is 1630. The molecule has 7 nitrogen and oxygen atoms in total. The van der Waals surface area contributed by atoms with Crippen LogP contribution in [0.3, 0.4) is 0 Å². The van der Waals surface area contributed by atoms with E-state index in [9.17, 15) is 18.0 Å². The summed E-state index contributed by atoms with van der Waals surface area (Å²) in [6.07, 6.45) is 1.05. The van der Waals surface area contributed by atoms with Crippen LogP contribution in [0.4, 0.5) is 11.4 Å². The number of nitrogens with zero attached hydrogens (tertiary/aromatic N) is 1. The topological polar surface area (TPSA) is 92.8 Å². The van der Waals surface area contributed by atoms with Crippen molar-refractivity contribution in [1.82, 2.24) is 0 Å². The smallest absolute Gasteiger partial charge is 0.247 e. The van der Waals surface area contributed by atoms with E-state index in [1.165, 1.54) is 6.92 Å². The molecule has 0 fully saturated rings. The van der Waals surface area contributed by atoms with Crippen molar-refractivity contribution >= 4 is 33.1 Å². The van der Waals surface area contributed by atoms with Crippen molar-refractivity contribution in [1.29, 1.82) is 0 Å². The number of para-hydroxylation sites is 1. The van der Waals surface area contributed by atoms with Gasteiger partial charge in [0.1, 0.15) is 17.5 Å². The number of amides is 1. The fourth-order valence-corrected chi connectivity index (χ4v) is 5.54. The largest absolute Gasteiger partial charge is 0.457 e. The van der Waals surface area contributed by atoms with E-state index in [0.717, 1.165) is 16.1 Å². The van der Waals surface area contributed by atoms with Gasteiger partial charge in [-0.25, -0.2) is 8.42 Å². The lowest BCUT2D eigenvalue weighted by atomic mass is 9.86. The van der Waals surface area contributed by atoms with Crippen LogP contribution in [0.25, 0.3) is 0 Å². The minimum Gasteiger partial charge on any atom is -0.457 e. The number of benzene rings is 4. The van der Waals surface area contributed by atoms with Crippen molar-refractivity contribution in [2.75, 3.05) is 15.9 Å². The van der Waals surface area contributed by atoms with E-state index in [0.29, 0.717) is 34.0 Å². The van der Waals surface area contributed by atoms with Gasteiger partial charge < -0.3 is 10.1 Å². The third-order valence-corrected chi connectivity index (χ3v) is 7.81. The van der Waals surface area contributed by atoms with E-state index < -0.39 is 22.0 Å². The first-order valence-electron chi connectivity index (χ1n) is 13.2. The molecular weight excluding hydrogens is 536 g/mol. The molecule has 0 aliphatic carbocycles. The molecule has 1 atom stereocenters. The van der Waals surface area contributed by atoms with Crippen LogP contribution in [-0.4, -0.2) is 32.4 Å². The Morgan fingerprint density at radius 2 is 1.39 bits per heavy atom. The number of carbonyl (C=O) groups is 2. The molecular formula is C33H34N2O5S. The van der Waals surface area contributed by atoms with Gasteiger partial charge in [-0.3, -0.25) is 13.9 Å². The summed E-state index contributed by atoms with van der Waals surface area (Å²) in [5, 5.41) is 2.76. The SMILES string of the molecule is C[C@H](C(=O)Nc1cccc(C(=O)c2ccc(C(C)(C)C)cc2)c1)N(c1ccc(Oc2ccccc2)cc1)S(C)(=O)=O. The molecule has 0 heterocycles. The molecule has 4 aromatic rings. The number of carbonyl (C=O) groups excluding carboxylic acids is 2. The number of ether oxygens (including phenoxy) is 1. The minimum absolute atomic E-state index is 0.0275. The van der Waals surface area contributed by atoms with E-state index in [1.807, 2.05) is 42.5 Å². The van der Waals surface area contributed by atoms with Gasteiger partial charge in [-0.05, 0) is 66.4 Å². The maximum Gasteiger partial charge on any atom is 0.247 e. The molecule has 212 valence electrons. The number of nitrogens with one attached hydrogen (secondary N) is 1. The van der Waals surface area contributed by atoms with Gasteiger partial charge in [0.2, 0.25) is 15.9 Å². The molecule has 1 amide bonds. The molecule has 41 heavy (non-hydrogen) atoms. The van der Waals surface area contributed by atoms with Gasteiger partial charge in [-0.2, -0.15) is 0 Å². The average molecular weight is 571 g/mol. The molecule has 0 aliphatic heterocycles. The molecule has 4 aromatic carbocycles. The predicted octanol–water partition coefficient (Wildman–Crippen LogP) is 6.80. The summed E-state index contributed by atoms with van der Waals surface area (Å²) >= 11 is 0. The Morgan fingerprint density at radius 1 is 0.780 bits per heavy atom. The molecule has 1 N–H and O–H groups in total. The third kappa shape index (κ3) is 7.41. The lowest BCUT2D eigenvalue weighted by Gasteiger charge is -2.28. The second-order valence-electron chi connectivity index (χ2n) is 10.9. The Balaban J connectivity index is 1.50. The molecule has 0 aromatic heterocycles. The summed E-state index contributed by atoms with van der Waals surface area (Å²) in [5.41, 5.74) is 2.75. The van der Waals surface area contributed by atoms with Crippen LogP contribution >= 0.6 is 0 Å². The van der Waals surface area contributed by atoms with Gasteiger partial charge in [0.15, 0.2) is 5.78 Å². The van der Waals surface area contributed by atoms with Crippen LogP contribution in [0, 0.1) is 0 Å². The molecule has 8 heteroatoms. The van der Waals surface area contributed by atoms with Crippen LogP contribution in [0.2, 0.25) is 0 Å². The number of sulfonamides is 1. The van der Waals surface area contributed by atoms with Crippen molar-refractivity contribution in [3.63, 3.8) is 0 Å². The quantitative estimate of drug-likeness (QED) is 0.223. The van der Waals surface area contributed by atoms with Gasteiger partial charge in [0.25, 0.3) is 0 Å². The van der Waals surface area contributed by atoms with Gasteiger partial charge >= 0.3 is 0 Å². The Kier molecular flexibility index (Phi) is 8.63. The molecule has 0 saturated carbocycles. The fourth-order valence-electron chi connectivity index (χ4n) is 4.37. The number of hydrogen-bond acceptors (Lipinski definition) is 5. The van der Waals surface area contributed by atoms with Crippen LogP contribution in [0.1, 0.15) is 49.2 Å². The number of anilines is 2. The zero-order valence-corrected chi connectivity index (χ0v) is 24.6. The number of rotatable bonds is 9. The van der Waals surface area contributed by atoms with E-state index in [2.05, 4.69) is 26.1 Å². The van der Waals surface area contributed by atoms with Crippen molar-refractivity contribution < 1.29 is 22.7 Å². The van der Waals surface area contributed by atoms with Crippen LogP contribution < -0.4 is 14.4 Å². The van der Waals surface area contributed by atoms with Crippen molar-refractivity contribution in [2.45, 2.75) is 39.2 Å². The lowest BCUT2D eigenvalue weighted by Crippen LogP contribution is -2.45. The van der Waals surface area contributed by atoms with E-state index in [4.69, 9.17) is 4.74 Å². The third-order valence-electron chi connectivity index (χ3n) is 6.56. The first-order chi connectivity index (χ1) is 19.3. The fraction of sp³-hybridized carbons (Fsp3) is 0.212. The number of hydrogen-bond donors (Lipinski definition) is 1. The van der Waals surface area contributed by atoms with Crippen LogP contribution in [0.5, 0.6) is 11.5 Å². The van der Waals surface area contributed by atoms with Gasteiger partial charge in [-0.1, -0.05) is 75.4 Å². The molecule has 0 bridgehead atoms. The standard InChI is InChI=1S/C33H34N2O5S/c1-23(35(41(5,38)39)28-18-20-30(21-19-28)40-29-12-7-6-8-13-29)32(37)34-27-11-9-10-25(22-27)31(36)24-14-16-26(17-15-24)33(2,3)4/h6-23H,1-5H3,(H,34,37)/t23-/m1/s1. The second kappa shape index (κ2) is 12.0. The van der Waals surface area contributed by atoms with Gasteiger partial charge in [-0.15, -0.1) is 0 Å². The van der Waals surface area contributed by atoms with Crippen LogP contribution in [0.15, 0.2) is 103 Å². The van der Waals surface area contributed by atoms with Crippen molar-refractivity contribution in [3.05, 3.63) is 120 Å². The van der Waals surface area contributed by atoms with Gasteiger partial charge in [0.05, 0.1) is 11.9 Å². The molecule has 0 spiro atoms. The molecule has 0 saturated heterocycles. The molecule has 0 radical (unpaired) electrons. The van der Waals surface area contributed by atoms with Gasteiger partial charge in [0, 0.05) is 16.8 Å². The zero-order chi connectivity index (χ0) is 29.8. The maximum atomic E-state index is 13.2. The second-order valence-corrected chi connectivity index (χ2v) is 12.7. The Morgan fingerprint density at radius 3 is 1.98 bits per heavy atom. The lowest BCUT2D eigenvalue weighted by molar-refractivity contribution is -0.116. The highest BCUT2D eigenvalue weighted by Crippen LogP contribution is 2.28. The Labute approximate surface area is 241 Å². The normalized spacial score (nSPS) is 12.3. The summed E-state index contributed by atoms with van der Waals surface area (Å²) in [6, 6.07) is 28.7. The highest BCUT2D eigenvalue weighted by Gasteiger charge is 2.29. The summed E-state index contributed by atoms with van der Waals surface area (Å²) < 4.78 is 32.4. The minimum atomic E-state index is -3.82. The van der Waals surface area contributed by atoms with E-state index in [-0.39, 0.29) is 11.2 Å². The van der Waals surface area contributed by atoms with Crippen molar-refractivity contribution in [3.8, 4) is 11.5 Å². The molecule has 0 unspecified atom stereocenters. The van der Waals surface area contributed by atoms with Crippen LogP contribution in [-0.2, 0) is 20.2 Å². The summed E-state index contributed by atoms with van der Waals surface area (Å²) in [5.74, 6) is 0.458. The number of ketones is 1. The highest BCUT2D eigenvalue weighted by atomic mass is 32.2. The molecule has 0 aliphatic rings. The van der Waals surface area contributed by atoms with E-state index in [1.54, 1.807) is 60.7 Å². The monoisotopic (exact) mass is 570 g/mol. The van der Waals surface area contributed by atoms with E-state index >= 15 is 0 Å². The maximum absolute atomic E-state index is 13.2.